The Morgan fingerprint density at radius 3 is 2.44 bits per heavy atom. The van der Waals surface area contributed by atoms with Gasteiger partial charge in [-0.3, -0.25) is 29.3 Å². The molecule has 2 aromatic carbocycles. The molecule has 0 N–H and O–H groups in total. The maximum atomic E-state index is 13.5. The number of imide groups is 1. The quantitative estimate of drug-likeness (QED) is 0.203. The molecule has 0 bridgehead atoms. The molecule has 0 spiro atoms. The van der Waals surface area contributed by atoms with Gasteiger partial charge in [0.1, 0.15) is 6.54 Å². The van der Waals surface area contributed by atoms with Gasteiger partial charge >= 0.3 is 0 Å². The Hall–Kier alpha value is -3.85. The van der Waals surface area contributed by atoms with Crippen molar-refractivity contribution in [3.63, 3.8) is 0 Å². The van der Waals surface area contributed by atoms with E-state index in [2.05, 4.69) is 0 Å². The van der Waals surface area contributed by atoms with Crippen LogP contribution in [0.2, 0.25) is 5.02 Å². The summed E-state index contributed by atoms with van der Waals surface area (Å²) in [5.41, 5.74) is 0.749. The zero-order chi connectivity index (χ0) is 24.6. The van der Waals surface area contributed by atoms with Crippen LogP contribution < -0.4 is 0 Å². The molecule has 1 aliphatic carbocycles. The van der Waals surface area contributed by atoms with E-state index in [4.69, 9.17) is 11.6 Å². The lowest BCUT2D eigenvalue weighted by molar-refractivity contribution is -0.384. The molecular formula is C24H20ClN3O6. The minimum Gasteiger partial charge on any atom is -0.292 e. The Morgan fingerprint density at radius 2 is 1.76 bits per heavy atom. The summed E-state index contributed by atoms with van der Waals surface area (Å²) >= 11 is 5.88. The summed E-state index contributed by atoms with van der Waals surface area (Å²) in [6, 6.07) is 10.9. The highest BCUT2D eigenvalue weighted by molar-refractivity contribution is 6.30. The maximum absolute atomic E-state index is 13.5. The molecule has 3 amide bonds. The Morgan fingerprint density at radius 1 is 1.09 bits per heavy atom. The van der Waals surface area contributed by atoms with Crippen molar-refractivity contribution in [1.29, 1.82) is 0 Å². The number of benzene rings is 2. The van der Waals surface area contributed by atoms with E-state index in [-0.39, 0.29) is 16.8 Å². The van der Waals surface area contributed by atoms with Crippen molar-refractivity contribution in [1.82, 2.24) is 10.0 Å². The zero-order valence-electron chi connectivity index (χ0n) is 18.1. The second-order valence-electron chi connectivity index (χ2n) is 8.29. The first-order valence-corrected chi connectivity index (χ1v) is 10.9. The molecule has 1 fully saturated rings. The number of nitro groups is 1. The molecule has 1 heterocycles. The monoisotopic (exact) mass is 481 g/mol. The molecule has 174 valence electrons. The number of allylic oxidation sites excluding steroid dienone is 2. The van der Waals surface area contributed by atoms with Crippen molar-refractivity contribution in [2.75, 3.05) is 6.54 Å². The van der Waals surface area contributed by atoms with Crippen LogP contribution in [0.1, 0.15) is 40.5 Å². The van der Waals surface area contributed by atoms with Crippen molar-refractivity contribution >= 4 is 40.8 Å². The van der Waals surface area contributed by atoms with Crippen molar-refractivity contribution in [2.45, 2.75) is 19.8 Å². The van der Waals surface area contributed by atoms with E-state index in [0.29, 0.717) is 17.9 Å². The van der Waals surface area contributed by atoms with E-state index in [9.17, 15) is 29.3 Å². The maximum Gasteiger partial charge on any atom is 0.273 e. The molecule has 2 aliphatic rings. The molecule has 34 heavy (non-hydrogen) atoms. The van der Waals surface area contributed by atoms with Crippen LogP contribution in [-0.2, 0) is 9.59 Å². The van der Waals surface area contributed by atoms with E-state index in [1.807, 2.05) is 13.0 Å². The van der Waals surface area contributed by atoms with E-state index < -0.39 is 46.8 Å². The van der Waals surface area contributed by atoms with E-state index in [0.717, 1.165) is 21.7 Å². The molecular weight excluding hydrogens is 462 g/mol. The average Bonchev–Trinajstić information content (AvgIpc) is 3.06. The van der Waals surface area contributed by atoms with Gasteiger partial charge in [-0.25, -0.2) is 5.01 Å². The lowest BCUT2D eigenvalue weighted by atomic mass is 9.82. The number of nitro benzene ring substituents is 1. The topological polar surface area (TPSA) is 118 Å². The first-order chi connectivity index (χ1) is 16.2. The number of halogens is 1. The fraction of sp³-hybridized carbons (Fsp3) is 0.250. The Kier molecular flexibility index (Phi) is 6.30. The number of hydrogen-bond donors (Lipinski definition) is 0. The Labute approximate surface area is 199 Å². The third-order valence-corrected chi connectivity index (χ3v) is 6.29. The first kappa shape index (κ1) is 23.3. The fourth-order valence-electron chi connectivity index (χ4n) is 4.26. The minimum atomic E-state index is -0.865. The van der Waals surface area contributed by atoms with Crippen LogP contribution in [0.3, 0.4) is 0 Å². The number of carbonyl (C=O) groups excluding carboxylic acids is 4. The number of Topliss-reactive ketones (excluding diaryl/α,β-unsaturated/α-hetero) is 1. The lowest BCUT2D eigenvalue weighted by Gasteiger charge is -2.30. The van der Waals surface area contributed by atoms with Crippen LogP contribution in [0.15, 0.2) is 60.2 Å². The summed E-state index contributed by atoms with van der Waals surface area (Å²) < 4.78 is 0. The summed E-state index contributed by atoms with van der Waals surface area (Å²) in [5, 5.41) is 13.2. The standard InChI is InChI=1S/C24H20ClN3O6/c1-14-5-10-19-20(11-14)24(32)27(23(19)31)26(13-21(29)15-6-8-17(25)9-7-15)22(30)16-3-2-4-18(12-16)28(33)34/h2-9,12,19-20H,10-11,13H2,1H3/t19-,20+/m0/s1. The number of rotatable bonds is 6. The van der Waals surface area contributed by atoms with Crippen molar-refractivity contribution in [2.24, 2.45) is 11.8 Å². The van der Waals surface area contributed by atoms with E-state index >= 15 is 0 Å². The number of non-ortho nitro benzene ring substituents is 1. The van der Waals surface area contributed by atoms with Crippen LogP contribution in [0.4, 0.5) is 5.69 Å². The minimum absolute atomic E-state index is 0.122. The van der Waals surface area contributed by atoms with Crippen molar-refractivity contribution in [3.8, 4) is 0 Å². The van der Waals surface area contributed by atoms with Gasteiger partial charge in [-0.1, -0.05) is 29.3 Å². The summed E-state index contributed by atoms with van der Waals surface area (Å²) in [6.07, 6.45) is 2.64. The van der Waals surface area contributed by atoms with Gasteiger partial charge in [0.25, 0.3) is 23.4 Å². The molecule has 0 radical (unpaired) electrons. The zero-order valence-corrected chi connectivity index (χ0v) is 18.9. The molecule has 0 aromatic heterocycles. The molecule has 0 unspecified atom stereocenters. The molecule has 10 heteroatoms. The van der Waals surface area contributed by atoms with Gasteiger partial charge in [0.2, 0.25) is 0 Å². The van der Waals surface area contributed by atoms with Gasteiger partial charge < -0.3 is 0 Å². The molecule has 2 atom stereocenters. The first-order valence-electron chi connectivity index (χ1n) is 10.6. The van der Waals surface area contributed by atoms with Crippen LogP contribution in [0.5, 0.6) is 0 Å². The molecule has 1 aliphatic heterocycles. The predicted octanol–water partition coefficient (Wildman–Crippen LogP) is 3.83. The molecule has 2 aromatic rings. The summed E-state index contributed by atoms with van der Waals surface area (Å²) in [6.45, 7) is 1.26. The third kappa shape index (κ3) is 4.34. The van der Waals surface area contributed by atoms with Gasteiger partial charge in [0.05, 0.1) is 16.8 Å². The third-order valence-electron chi connectivity index (χ3n) is 6.04. The Balaban J connectivity index is 1.71. The molecule has 0 saturated carbocycles. The normalized spacial score (nSPS) is 19.5. The number of fused-ring (bicyclic) bond motifs is 1. The number of amides is 3. The number of carbonyl (C=O) groups is 4. The summed E-state index contributed by atoms with van der Waals surface area (Å²) in [4.78, 5) is 63.5. The Bertz CT molecular complexity index is 1240. The smallest absolute Gasteiger partial charge is 0.273 e. The summed E-state index contributed by atoms with van der Waals surface area (Å²) in [7, 11) is 0. The van der Waals surface area contributed by atoms with Gasteiger partial charge in [0.15, 0.2) is 5.78 Å². The van der Waals surface area contributed by atoms with Gasteiger partial charge in [0, 0.05) is 28.3 Å². The second kappa shape index (κ2) is 9.18. The highest BCUT2D eigenvalue weighted by Crippen LogP contribution is 2.38. The number of hydrazine groups is 1. The van der Waals surface area contributed by atoms with Crippen LogP contribution in [0, 0.1) is 22.0 Å². The van der Waals surface area contributed by atoms with Gasteiger partial charge in [-0.2, -0.15) is 5.01 Å². The van der Waals surface area contributed by atoms with E-state index in [1.165, 1.54) is 42.5 Å². The summed E-state index contributed by atoms with van der Waals surface area (Å²) in [5.74, 6) is -3.77. The second-order valence-corrected chi connectivity index (χ2v) is 8.73. The fourth-order valence-corrected chi connectivity index (χ4v) is 4.38. The largest absolute Gasteiger partial charge is 0.292 e. The molecule has 1 saturated heterocycles. The van der Waals surface area contributed by atoms with Crippen LogP contribution in [0.25, 0.3) is 0 Å². The predicted molar refractivity (Wildman–Crippen MR) is 122 cm³/mol. The molecule has 9 nitrogen and oxygen atoms in total. The molecule has 4 rings (SSSR count). The van der Waals surface area contributed by atoms with Crippen LogP contribution >= 0.6 is 11.6 Å². The lowest BCUT2D eigenvalue weighted by Crippen LogP contribution is -2.52. The van der Waals surface area contributed by atoms with Gasteiger partial charge in [-0.15, -0.1) is 0 Å². The number of ketones is 1. The van der Waals surface area contributed by atoms with Crippen molar-refractivity contribution < 1.29 is 24.1 Å². The SMILES string of the molecule is CC1=CC[C@@H]2C(=O)N(N(CC(=O)c3ccc(Cl)cc3)C(=O)c3cccc([N+](=O)[O-])c3)C(=O)[C@@H]2C1. The average molecular weight is 482 g/mol. The van der Waals surface area contributed by atoms with E-state index in [1.54, 1.807) is 0 Å². The highest BCUT2D eigenvalue weighted by atomic mass is 35.5. The number of nitrogens with zero attached hydrogens (tertiary/aromatic N) is 3. The van der Waals surface area contributed by atoms with Gasteiger partial charge in [-0.05, 0) is 50.1 Å². The van der Waals surface area contributed by atoms with Crippen molar-refractivity contribution in [3.05, 3.63) is 86.4 Å². The van der Waals surface area contributed by atoms with Crippen LogP contribution in [-0.4, -0.2) is 45.0 Å². The highest BCUT2D eigenvalue weighted by Gasteiger charge is 2.51. The number of hydrogen-bond acceptors (Lipinski definition) is 6.